The minimum absolute atomic E-state index is 0.204. The molecule has 0 fully saturated rings. The lowest BCUT2D eigenvalue weighted by atomic mass is 9.92. The minimum Gasteiger partial charge on any atom is -0.303 e. The van der Waals surface area contributed by atoms with Crippen LogP contribution in [0.5, 0.6) is 0 Å². The molecule has 12 heavy (non-hydrogen) atoms. The van der Waals surface area contributed by atoms with Gasteiger partial charge in [-0.2, -0.15) is 0 Å². The van der Waals surface area contributed by atoms with Crippen molar-refractivity contribution in [3.05, 3.63) is 11.6 Å². The number of allylic oxidation sites excluding steroid dienone is 2. The van der Waals surface area contributed by atoms with Gasteiger partial charge in [0.25, 0.3) is 0 Å². The van der Waals surface area contributed by atoms with E-state index in [1.807, 2.05) is 6.92 Å². The zero-order valence-corrected chi connectivity index (χ0v) is 8.63. The van der Waals surface area contributed by atoms with Crippen LogP contribution in [0.15, 0.2) is 11.6 Å². The van der Waals surface area contributed by atoms with Crippen molar-refractivity contribution >= 4 is 6.29 Å². The van der Waals surface area contributed by atoms with Gasteiger partial charge in [-0.25, -0.2) is 0 Å². The Kier molecular flexibility index (Phi) is 5.69. The summed E-state index contributed by atoms with van der Waals surface area (Å²) in [6.45, 7) is 8.33. The summed E-state index contributed by atoms with van der Waals surface area (Å²) in [5, 5.41) is 0. The molecule has 0 aromatic carbocycles. The van der Waals surface area contributed by atoms with Crippen molar-refractivity contribution in [3.8, 4) is 0 Å². The summed E-state index contributed by atoms with van der Waals surface area (Å²) in [4.78, 5) is 10.4. The van der Waals surface area contributed by atoms with Crippen molar-refractivity contribution in [1.82, 2.24) is 0 Å². The fraction of sp³-hybridized carbons (Fsp3) is 0.727. The van der Waals surface area contributed by atoms with Crippen LogP contribution in [0.25, 0.3) is 0 Å². The first-order valence-electron chi connectivity index (χ1n) is 4.66. The van der Waals surface area contributed by atoms with Gasteiger partial charge in [0.15, 0.2) is 0 Å². The van der Waals surface area contributed by atoms with E-state index in [0.29, 0.717) is 5.92 Å². The molecule has 0 rings (SSSR count). The molecule has 0 amide bonds. The standard InChI is InChI=1S/C11H20O/c1-9(2)6-5-7-10(3)11(4)8-12/h6,8,10-11H,5,7H2,1-4H3. The highest BCUT2D eigenvalue weighted by molar-refractivity contribution is 5.53. The van der Waals surface area contributed by atoms with Crippen molar-refractivity contribution in [3.63, 3.8) is 0 Å². The quantitative estimate of drug-likeness (QED) is 0.455. The van der Waals surface area contributed by atoms with Crippen LogP contribution in [-0.2, 0) is 4.79 Å². The lowest BCUT2D eigenvalue weighted by Gasteiger charge is -2.12. The molecule has 0 saturated heterocycles. The van der Waals surface area contributed by atoms with E-state index in [4.69, 9.17) is 0 Å². The smallest absolute Gasteiger partial charge is 0.123 e. The largest absolute Gasteiger partial charge is 0.303 e. The molecule has 0 aliphatic rings. The molecule has 1 nitrogen and oxygen atoms in total. The maximum absolute atomic E-state index is 10.4. The number of rotatable bonds is 5. The number of hydrogen-bond acceptors (Lipinski definition) is 1. The summed E-state index contributed by atoms with van der Waals surface area (Å²) in [6.07, 6.45) is 5.49. The third kappa shape index (κ3) is 5.11. The monoisotopic (exact) mass is 168 g/mol. The van der Waals surface area contributed by atoms with Gasteiger partial charge in [-0.3, -0.25) is 0 Å². The van der Waals surface area contributed by atoms with Gasteiger partial charge >= 0.3 is 0 Å². The summed E-state index contributed by atoms with van der Waals surface area (Å²) in [6, 6.07) is 0. The van der Waals surface area contributed by atoms with Gasteiger partial charge < -0.3 is 4.79 Å². The van der Waals surface area contributed by atoms with Gasteiger partial charge in [-0.15, -0.1) is 0 Å². The summed E-state index contributed by atoms with van der Waals surface area (Å²) in [7, 11) is 0. The molecule has 1 heteroatoms. The third-order valence-corrected chi connectivity index (χ3v) is 2.29. The first-order chi connectivity index (χ1) is 5.57. The summed E-state index contributed by atoms with van der Waals surface area (Å²) < 4.78 is 0. The van der Waals surface area contributed by atoms with E-state index >= 15 is 0 Å². The lowest BCUT2D eigenvalue weighted by Crippen LogP contribution is -2.08. The zero-order valence-electron chi connectivity index (χ0n) is 8.63. The summed E-state index contributed by atoms with van der Waals surface area (Å²) >= 11 is 0. The van der Waals surface area contributed by atoms with Crippen LogP contribution in [0.4, 0.5) is 0 Å². The molecule has 0 radical (unpaired) electrons. The second kappa shape index (κ2) is 5.99. The molecular formula is C11H20O. The maximum Gasteiger partial charge on any atom is 0.123 e. The molecule has 0 aliphatic heterocycles. The van der Waals surface area contributed by atoms with Gasteiger partial charge in [0.2, 0.25) is 0 Å². The Morgan fingerprint density at radius 3 is 2.33 bits per heavy atom. The van der Waals surface area contributed by atoms with Crippen LogP contribution in [0, 0.1) is 11.8 Å². The van der Waals surface area contributed by atoms with Crippen LogP contribution in [-0.4, -0.2) is 6.29 Å². The predicted octanol–water partition coefficient (Wildman–Crippen LogP) is 3.20. The molecule has 2 unspecified atom stereocenters. The molecule has 0 bridgehead atoms. The first-order valence-corrected chi connectivity index (χ1v) is 4.66. The van der Waals surface area contributed by atoms with Crippen LogP contribution < -0.4 is 0 Å². The van der Waals surface area contributed by atoms with Crippen molar-refractivity contribution in [2.24, 2.45) is 11.8 Å². The predicted molar refractivity (Wildman–Crippen MR) is 53.1 cm³/mol. The number of hydrogen-bond donors (Lipinski definition) is 0. The van der Waals surface area contributed by atoms with Crippen LogP contribution in [0.3, 0.4) is 0 Å². The second-order valence-corrected chi connectivity index (χ2v) is 3.83. The van der Waals surface area contributed by atoms with Crippen molar-refractivity contribution in [2.75, 3.05) is 0 Å². The van der Waals surface area contributed by atoms with Crippen LogP contribution >= 0.6 is 0 Å². The van der Waals surface area contributed by atoms with E-state index in [2.05, 4.69) is 26.8 Å². The number of carbonyl (C=O) groups excluding carboxylic acids is 1. The van der Waals surface area contributed by atoms with E-state index in [1.165, 1.54) is 5.57 Å². The Morgan fingerprint density at radius 2 is 1.92 bits per heavy atom. The normalized spacial score (nSPS) is 15.0. The fourth-order valence-corrected chi connectivity index (χ4v) is 1.03. The summed E-state index contributed by atoms with van der Waals surface area (Å²) in [5.74, 6) is 0.716. The molecule has 0 aliphatic carbocycles. The average Bonchev–Trinajstić information content (AvgIpc) is 2.02. The van der Waals surface area contributed by atoms with Crippen molar-refractivity contribution < 1.29 is 4.79 Å². The van der Waals surface area contributed by atoms with E-state index in [-0.39, 0.29) is 5.92 Å². The van der Waals surface area contributed by atoms with Gasteiger partial charge in [0.05, 0.1) is 0 Å². The minimum atomic E-state index is 0.204. The highest BCUT2D eigenvalue weighted by Gasteiger charge is 2.09. The molecule has 0 spiro atoms. The molecule has 70 valence electrons. The highest BCUT2D eigenvalue weighted by atomic mass is 16.1. The van der Waals surface area contributed by atoms with E-state index in [0.717, 1.165) is 19.1 Å². The van der Waals surface area contributed by atoms with Crippen LogP contribution in [0.2, 0.25) is 0 Å². The highest BCUT2D eigenvalue weighted by Crippen LogP contribution is 2.15. The molecule has 0 N–H and O–H groups in total. The molecule has 0 heterocycles. The lowest BCUT2D eigenvalue weighted by molar-refractivity contribution is -0.111. The van der Waals surface area contributed by atoms with Gasteiger partial charge in [-0.1, -0.05) is 25.5 Å². The third-order valence-electron chi connectivity index (χ3n) is 2.29. The number of carbonyl (C=O) groups is 1. The zero-order chi connectivity index (χ0) is 9.56. The SMILES string of the molecule is CC(C)=CCCC(C)C(C)C=O. The molecule has 0 aromatic heterocycles. The summed E-state index contributed by atoms with van der Waals surface area (Å²) in [5.41, 5.74) is 1.36. The average molecular weight is 168 g/mol. The van der Waals surface area contributed by atoms with Gasteiger partial charge in [0, 0.05) is 5.92 Å². The van der Waals surface area contributed by atoms with Crippen molar-refractivity contribution in [1.29, 1.82) is 0 Å². The Hall–Kier alpha value is -0.590. The van der Waals surface area contributed by atoms with Crippen LogP contribution in [0.1, 0.15) is 40.5 Å². The van der Waals surface area contributed by atoms with E-state index in [1.54, 1.807) is 0 Å². The van der Waals surface area contributed by atoms with Gasteiger partial charge in [-0.05, 0) is 32.6 Å². The van der Waals surface area contributed by atoms with E-state index < -0.39 is 0 Å². The molecular weight excluding hydrogens is 148 g/mol. The Bertz CT molecular complexity index is 154. The molecule has 0 aromatic rings. The first kappa shape index (κ1) is 11.4. The fourth-order valence-electron chi connectivity index (χ4n) is 1.03. The Balaban J connectivity index is 3.63. The molecule has 0 saturated carbocycles. The maximum atomic E-state index is 10.4. The van der Waals surface area contributed by atoms with Gasteiger partial charge in [0.1, 0.15) is 6.29 Å². The number of aldehydes is 1. The van der Waals surface area contributed by atoms with Crippen molar-refractivity contribution in [2.45, 2.75) is 40.5 Å². The molecule has 2 atom stereocenters. The Morgan fingerprint density at radius 1 is 1.33 bits per heavy atom. The Labute approximate surface area is 75.9 Å². The topological polar surface area (TPSA) is 17.1 Å². The second-order valence-electron chi connectivity index (χ2n) is 3.83. The van der Waals surface area contributed by atoms with E-state index in [9.17, 15) is 4.79 Å².